The summed E-state index contributed by atoms with van der Waals surface area (Å²) in [6, 6.07) is 13.3. The van der Waals surface area contributed by atoms with E-state index < -0.39 is 20.0 Å². The first kappa shape index (κ1) is 24.4. The van der Waals surface area contributed by atoms with Crippen molar-refractivity contribution in [3.05, 3.63) is 71.1 Å². The SMILES string of the molecule is COC(=O)C(=Cc1cc(C)c2nn(COCC[Si](C)(C)C)cc2c1)OC(=O)c1ccccc1. The third-order valence-electron chi connectivity index (χ3n) is 4.99. The number of carbonyl (C=O) groups excluding carboxylic acids is 2. The summed E-state index contributed by atoms with van der Waals surface area (Å²) in [6.07, 6.45) is 3.41. The van der Waals surface area contributed by atoms with Crippen molar-refractivity contribution in [1.82, 2.24) is 9.78 Å². The fraction of sp³-hybridized carbons (Fsp3) is 0.320. The molecule has 0 spiro atoms. The third kappa shape index (κ3) is 6.87. The zero-order chi connectivity index (χ0) is 24.0. The molecular weight excluding hydrogens is 436 g/mol. The van der Waals surface area contributed by atoms with Crippen LogP contribution in [0.1, 0.15) is 21.5 Å². The molecule has 0 atom stereocenters. The number of benzene rings is 2. The van der Waals surface area contributed by atoms with E-state index in [9.17, 15) is 9.59 Å². The van der Waals surface area contributed by atoms with Crippen LogP contribution in [-0.2, 0) is 25.7 Å². The van der Waals surface area contributed by atoms with Crippen molar-refractivity contribution in [2.75, 3.05) is 13.7 Å². The minimum Gasteiger partial charge on any atom is -0.463 e. The van der Waals surface area contributed by atoms with Gasteiger partial charge in [-0.15, -0.1) is 0 Å². The molecule has 0 amide bonds. The Bertz CT molecular complexity index is 1160. The maximum atomic E-state index is 12.4. The maximum absolute atomic E-state index is 12.4. The van der Waals surface area contributed by atoms with Gasteiger partial charge in [-0.25, -0.2) is 14.3 Å². The van der Waals surface area contributed by atoms with Crippen molar-refractivity contribution in [1.29, 1.82) is 0 Å². The summed E-state index contributed by atoms with van der Waals surface area (Å²) in [5, 5.41) is 5.51. The van der Waals surface area contributed by atoms with Gasteiger partial charge in [0.15, 0.2) is 0 Å². The molecule has 0 unspecified atom stereocenters. The van der Waals surface area contributed by atoms with Gasteiger partial charge in [-0.05, 0) is 54.4 Å². The Morgan fingerprint density at radius 3 is 2.52 bits per heavy atom. The highest BCUT2D eigenvalue weighted by atomic mass is 28.3. The van der Waals surface area contributed by atoms with Gasteiger partial charge in [0.25, 0.3) is 0 Å². The van der Waals surface area contributed by atoms with Crippen molar-refractivity contribution in [3.63, 3.8) is 0 Å². The molecule has 1 aromatic heterocycles. The largest absolute Gasteiger partial charge is 0.463 e. The van der Waals surface area contributed by atoms with Crippen LogP contribution < -0.4 is 0 Å². The van der Waals surface area contributed by atoms with E-state index in [0.717, 1.165) is 22.5 Å². The number of hydrogen-bond acceptors (Lipinski definition) is 6. The highest BCUT2D eigenvalue weighted by molar-refractivity contribution is 6.76. The molecule has 0 aliphatic rings. The fourth-order valence-corrected chi connectivity index (χ4v) is 3.95. The molecular formula is C25H30N2O5Si. The molecule has 3 rings (SSSR count). The standard InChI is InChI=1S/C25H30N2O5Si/c1-18-13-19(14-21-16-27(26-23(18)21)17-31-11-12-33(3,4)5)15-22(25(29)30-2)32-24(28)20-9-7-6-8-10-20/h6-10,13-16H,11-12,17H2,1-5H3. The van der Waals surface area contributed by atoms with Gasteiger partial charge in [0.2, 0.25) is 5.76 Å². The van der Waals surface area contributed by atoms with Crippen LogP contribution in [0.15, 0.2) is 54.4 Å². The molecule has 33 heavy (non-hydrogen) atoms. The number of rotatable bonds is 9. The molecule has 0 aliphatic carbocycles. The van der Waals surface area contributed by atoms with Crippen LogP contribution in [-0.4, -0.2) is 43.5 Å². The van der Waals surface area contributed by atoms with Crippen molar-refractivity contribution in [2.45, 2.75) is 39.3 Å². The van der Waals surface area contributed by atoms with Gasteiger partial charge in [0.1, 0.15) is 6.73 Å². The lowest BCUT2D eigenvalue weighted by atomic mass is 10.1. The predicted octanol–water partition coefficient (Wildman–Crippen LogP) is 5.03. The Kier molecular flexibility index (Phi) is 7.83. The number of aryl methyl sites for hydroxylation is 1. The van der Waals surface area contributed by atoms with Crippen LogP contribution in [0.2, 0.25) is 25.7 Å². The summed E-state index contributed by atoms with van der Waals surface area (Å²) in [4.78, 5) is 24.7. The predicted molar refractivity (Wildman–Crippen MR) is 130 cm³/mol. The zero-order valence-electron chi connectivity index (χ0n) is 19.8. The van der Waals surface area contributed by atoms with Gasteiger partial charge in [0.05, 0.1) is 18.2 Å². The summed E-state index contributed by atoms with van der Waals surface area (Å²) in [5.74, 6) is -1.55. The molecule has 0 radical (unpaired) electrons. The summed E-state index contributed by atoms with van der Waals surface area (Å²) >= 11 is 0. The van der Waals surface area contributed by atoms with Gasteiger partial charge in [0, 0.05) is 26.3 Å². The monoisotopic (exact) mass is 466 g/mol. The average Bonchev–Trinajstić information content (AvgIpc) is 3.19. The first-order valence-electron chi connectivity index (χ1n) is 10.8. The smallest absolute Gasteiger partial charge is 0.374 e. The van der Waals surface area contributed by atoms with E-state index in [1.54, 1.807) is 35.0 Å². The number of methoxy groups -OCH3 is 1. The normalized spacial score (nSPS) is 12.1. The Morgan fingerprint density at radius 2 is 1.85 bits per heavy atom. The van der Waals surface area contributed by atoms with Crippen molar-refractivity contribution in [3.8, 4) is 0 Å². The number of nitrogens with zero attached hydrogens (tertiary/aromatic N) is 2. The summed E-state index contributed by atoms with van der Waals surface area (Å²) in [7, 11) is 0.103. The number of ether oxygens (including phenoxy) is 3. The van der Waals surface area contributed by atoms with Gasteiger partial charge in [-0.2, -0.15) is 5.10 Å². The lowest BCUT2D eigenvalue weighted by molar-refractivity contribution is -0.139. The van der Waals surface area contributed by atoms with E-state index in [0.29, 0.717) is 24.5 Å². The minimum absolute atomic E-state index is 0.188. The van der Waals surface area contributed by atoms with E-state index >= 15 is 0 Å². The molecule has 0 saturated heterocycles. The zero-order valence-corrected chi connectivity index (χ0v) is 20.8. The van der Waals surface area contributed by atoms with E-state index in [1.807, 2.05) is 25.3 Å². The highest BCUT2D eigenvalue weighted by Crippen LogP contribution is 2.22. The number of aromatic nitrogens is 2. The first-order chi connectivity index (χ1) is 15.7. The first-order valence-corrected chi connectivity index (χ1v) is 14.5. The van der Waals surface area contributed by atoms with Crippen LogP contribution in [0.4, 0.5) is 0 Å². The van der Waals surface area contributed by atoms with E-state index in [4.69, 9.17) is 14.2 Å². The molecule has 174 valence electrons. The lowest BCUT2D eigenvalue weighted by Gasteiger charge is -2.15. The van der Waals surface area contributed by atoms with Crippen molar-refractivity contribution in [2.24, 2.45) is 0 Å². The van der Waals surface area contributed by atoms with Gasteiger partial charge in [-0.3, -0.25) is 0 Å². The van der Waals surface area contributed by atoms with Crippen molar-refractivity contribution < 1.29 is 23.8 Å². The number of fused-ring (bicyclic) bond motifs is 1. The number of carbonyl (C=O) groups is 2. The van der Waals surface area contributed by atoms with Gasteiger partial charge < -0.3 is 14.2 Å². The quantitative estimate of drug-likeness (QED) is 0.145. The number of hydrogen-bond donors (Lipinski definition) is 0. The third-order valence-corrected chi connectivity index (χ3v) is 6.69. The van der Waals surface area contributed by atoms with Crippen LogP contribution >= 0.6 is 0 Å². The Hall–Kier alpha value is -3.23. The van der Waals surface area contributed by atoms with E-state index in [2.05, 4.69) is 24.7 Å². The number of esters is 2. The topological polar surface area (TPSA) is 79.7 Å². The molecule has 0 saturated carbocycles. The molecule has 0 aliphatic heterocycles. The van der Waals surface area contributed by atoms with Gasteiger partial charge in [-0.1, -0.05) is 37.8 Å². The lowest BCUT2D eigenvalue weighted by Crippen LogP contribution is -2.22. The van der Waals surface area contributed by atoms with Gasteiger partial charge >= 0.3 is 11.9 Å². The second-order valence-electron chi connectivity index (χ2n) is 9.05. The highest BCUT2D eigenvalue weighted by Gasteiger charge is 2.18. The van der Waals surface area contributed by atoms with E-state index in [1.165, 1.54) is 13.2 Å². The van der Waals surface area contributed by atoms with Crippen LogP contribution in [0.25, 0.3) is 17.0 Å². The minimum atomic E-state index is -1.14. The maximum Gasteiger partial charge on any atom is 0.374 e. The van der Waals surface area contributed by atoms with Crippen LogP contribution in [0, 0.1) is 6.92 Å². The Balaban J connectivity index is 1.81. The molecule has 0 N–H and O–H groups in total. The molecule has 0 bridgehead atoms. The molecule has 8 heteroatoms. The van der Waals surface area contributed by atoms with Crippen molar-refractivity contribution >= 4 is 37.0 Å². The summed E-state index contributed by atoms with van der Waals surface area (Å²) < 4.78 is 17.7. The molecule has 1 heterocycles. The summed E-state index contributed by atoms with van der Waals surface area (Å²) in [5.41, 5.74) is 2.81. The van der Waals surface area contributed by atoms with Crippen LogP contribution in [0.3, 0.4) is 0 Å². The molecule has 3 aromatic rings. The second-order valence-corrected chi connectivity index (χ2v) is 14.7. The summed E-state index contributed by atoms with van der Waals surface area (Å²) in [6.45, 7) is 9.99. The van der Waals surface area contributed by atoms with Crippen LogP contribution in [0.5, 0.6) is 0 Å². The Morgan fingerprint density at radius 1 is 1.12 bits per heavy atom. The van der Waals surface area contributed by atoms with E-state index in [-0.39, 0.29) is 5.76 Å². The molecule has 2 aromatic carbocycles. The second kappa shape index (κ2) is 10.6. The average molecular weight is 467 g/mol. The molecule has 7 nitrogen and oxygen atoms in total. The fourth-order valence-electron chi connectivity index (χ4n) is 3.19. The molecule has 0 fully saturated rings. The Labute approximate surface area is 195 Å².